The zero-order chi connectivity index (χ0) is 21.0. The molecule has 0 unspecified atom stereocenters. The van der Waals surface area contributed by atoms with E-state index in [1.54, 1.807) is 0 Å². The van der Waals surface area contributed by atoms with E-state index in [9.17, 15) is 26.8 Å². The van der Waals surface area contributed by atoms with Gasteiger partial charge in [0.05, 0.1) is 18.0 Å². The van der Waals surface area contributed by atoms with E-state index in [0.717, 1.165) is 6.07 Å². The van der Waals surface area contributed by atoms with Gasteiger partial charge in [-0.05, 0) is 12.1 Å². The third-order valence-corrected chi connectivity index (χ3v) is 6.10. The van der Waals surface area contributed by atoms with Crippen LogP contribution in [-0.4, -0.2) is 49.8 Å². The lowest BCUT2D eigenvalue weighted by molar-refractivity contribution is -0.118. The Bertz CT molecular complexity index is 1010. The van der Waals surface area contributed by atoms with Crippen LogP contribution < -0.4 is 14.8 Å². The van der Waals surface area contributed by atoms with Crippen molar-refractivity contribution in [3.05, 3.63) is 40.3 Å². The van der Waals surface area contributed by atoms with Crippen LogP contribution in [0.15, 0.2) is 35.4 Å². The number of benzene rings is 1. The lowest BCUT2D eigenvalue weighted by Gasteiger charge is -2.10. The Labute approximate surface area is 168 Å². The van der Waals surface area contributed by atoms with Crippen LogP contribution in [0.1, 0.15) is 9.88 Å². The summed E-state index contributed by atoms with van der Waals surface area (Å²) >= 11 is 1.19. The molecule has 1 saturated heterocycles. The number of carbonyl (C=O) groups excluding carboxylic acids is 2. The highest BCUT2D eigenvalue weighted by Gasteiger charge is 2.27. The summed E-state index contributed by atoms with van der Waals surface area (Å²) in [5.74, 6) is -0.365. The van der Waals surface area contributed by atoms with E-state index in [-0.39, 0.29) is 36.2 Å². The molecule has 1 aromatic carbocycles. The number of thiazole rings is 1. The van der Waals surface area contributed by atoms with Crippen LogP contribution in [0.4, 0.5) is 13.6 Å². The number of hydrogen-bond donors (Lipinski definition) is 2. The number of sulfonamides is 1. The SMILES string of the molecule is O=C1CN(Cc2cnc(CNS(=O)(=O)c3cccc(OCC(F)F)c3)s2)C(=O)N1. The van der Waals surface area contributed by atoms with Crippen molar-refractivity contribution in [1.82, 2.24) is 19.9 Å². The topological polar surface area (TPSA) is 118 Å². The fourth-order valence-corrected chi connectivity index (χ4v) is 4.42. The lowest BCUT2D eigenvalue weighted by Crippen LogP contribution is -2.27. The Morgan fingerprint density at radius 3 is 2.83 bits per heavy atom. The highest BCUT2D eigenvalue weighted by atomic mass is 32.2. The number of rotatable bonds is 9. The van der Waals surface area contributed by atoms with E-state index in [1.165, 1.54) is 40.6 Å². The summed E-state index contributed by atoms with van der Waals surface area (Å²) in [5.41, 5.74) is 0. The van der Waals surface area contributed by atoms with E-state index in [0.29, 0.717) is 9.88 Å². The molecule has 3 amide bonds. The van der Waals surface area contributed by atoms with Crippen molar-refractivity contribution in [2.45, 2.75) is 24.4 Å². The minimum absolute atomic E-state index is 0.0168. The van der Waals surface area contributed by atoms with Gasteiger partial charge in [-0.15, -0.1) is 11.3 Å². The zero-order valence-corrected chi connectivity index (χ0v) is 16.4. The molecule has 1 fully saturated rings. The van der Waals surface area contributed by atoms with Gasteiger partial charge in [0.15, 0.2) is 0 Å². The van der Waals surface area contributed by atoms with Gasteiger partial charge in [-0.2, -0.15) is 0 Å². The maximum Gasteiger partial charge on any atom is 0.324 e. The standard InChI is InChI=1S/C16H16F2N4O5S2/c17-13(18)9-27-10-2-1-3-12(4-10)29(25,26)20-6-15-19-5-11(28-15)7-22-8-14(23)21-16(22)24/h1-5,13,20H,6-9H2,(H,21,23,24). The summed E-state index contributed by atoms with van der Waals surface area (Å²) in [6, 6.07) is 4.75. The predicted molar refractivity (Wildman–Crippen MR) is 98.0 cm³/mol. The van der Waals surface area contributed by atoms with Crippen molar-refractivity contribution in [3.63, 3.8) is 0 Å². The summed E-state index contributed by atoms with van der Waals surface area (Å²) in [4.78, 5) is 28.7. The van der Waals surface area contributed by atoms with Gasteiger partial charge in [0.1, 0.15) is 23.9 Å². The molecule has 156 valence electrons. The molecule has 0 spiro atoms. The summed E-state index contributed by atoms with van der Waals surface area (Å²) in [5, 5.41) is 2.62. The number of ether oxygens (including phenoxy) is 1. The van der Waals surface area contributed by atoms with Gasteiger partial charge >= 0.3 is 6.03 Å². The monoisotopic (exact) mass is 446 g/mol. The van der Waals surface area contributed by atoms with Crippen LogP contribution in [-0.2, 0) is 27.9 Å². The minimum atomic E-state index is -3.92. The Morgan fingerprint density at radius 2 is 2.14 bits per heavy atom. The first-order chi connectivity index (χ1) is 13.7. The van der Waals surface area contributed by atoms with Gasteiger partial charge in [0.25, 0.3) is 6.43 Å². The predicted octanol–water partition coefficient (Wildman–Crippen LogP) is 1.32. The van der Waals surface area contributed by atoms with Gasteiger partial charge in [0, 0.05) is 17.1 Å². The first kappa shape index (κ1) is 21.1. The number of hydrogen-bond acceptors (Lipinski definition) is 7. The average molecular weight is 446 g/mol. The fourth-order valence-electron chi connectivity index (χ4n) is 2.43. The minimum Gasteiger partial charge on any atom is -0.488 e. The number of amides is 3. The average Bonchev–Trinajstić information content (AvgIpc) is 3.24. The molecule has 1 aliphatic heterocycles. The molecule has 2 N–H and O–H groups in total. The first-order valence-corrected chi connectivity index (χ1v) is 10.6. The molecule has 29 heavy (non-hydrogen) atoms. The zero-order valence-electron chi connectivity index (χ0n) is 14.8. The van der Waals surface area contributed by atoms with Gasteiger partial charge in [0.2, 0.25) is 15.9 Å². The smallest absolute Gasteiger partial charge is 0.324 e. The van der Waals surface area contributed by atoms with Gasteiger partial charge in [-0.1, -0.05) is 6.07 Å². The molecule has 0 aliphatic carbocycles. The molecule has 13 heteroatoms. The number of alkyl halides is 2. The summed E-state index contributed by atoms with van der Waals surface area (Å²) < 4.78 is 56.5. The van der Waals surface area contributed by atoms with E-state index in [4.69, 9.17) is 4.74 Å². The molecule has 0 bridgehead atoms. The Balaban J connectivity index is 1.59. The van der Waals surface area contributed by atoms with Crippen LogP contribution in [0.2, 0.25) is 0 Å². The number of nitrogens with zero attached hydrogens (tertiary/aromatic N) is 2. The summed E-state index contributed by atoms with van der Waals surface area (Å²) in [6.45, 7) is -0.784. The van der Waals surface area contributed by atoms with Gasteiger partial charge in [-0.25, -0.2) is 31.7 Å². The van der Waals surface area contributed by atoms with Crippen LogP contribution in [0.5, 0.6) is 5.75 Å². The third-order valence-electron chi connectivity index (χ3n) is 3.72. The Kier molecular flexibility index (Phi) is 6.39. The molecule has 1 aliphatic rings. The second-order valence-electron chi connectivity index (χ2n) is 5.93. The van der Waals surface area contributed by atoms with Crippen LogP contribution in [0, 0.1) is 0 Å². The number of carbonyl (C=O) groups is 2. The molecular formula is C16H16F2N4O5S2. The van der Waals surface area contributed by atoms with Crippen molar-refractivity contribution >= 4 is 33.3 Å². The highest BCUT2D eigenvalue weighted by molar-refractivity contribution is 7.89. The van der Waals surface area contributed by atoms with Crippen molar-refractivity contribution < 1.29 is 31.5 Å². The number of nitrogens with one attached hydrogen (secondary N) is 2. The van der Waals surface area contributed by atoms with E-state index < -0.39 is 29.1 Å². The normalized spacial score (nSPS) is 14.5. The van der Waals surface area contributed by atoms with Crippen molar-refractivity contribution in [3.8, 4) is 5.75 Å². The molecule has 2 aromatic rings. The Morgan fingerprint density at radius 1 is 1.34 bits per heavy atom. The van der Waals surface area contributed by atoms with Crippen LogP contribution in [0.25, 0.3) is 0 Å². The number of halogens is 2. The molecule has 9 nitrogen and oxygen atoms in total. The van der Waals surface area contributed by atoms with Crippen LogP contribution >= 0.6 is 11.3 Å². The first-order valence-electron chi connectivity index (χ1n) is 8.26. The third kappa shape index (κ3) is 5.68. The van der Waals surface area contributed by atoms with E-state index >= 15 is 0 Å². The molecular weight excluding hydrogens is 430 g/mol. The second-order valence-corrected chi connectivity index (χ2v) is 8.90. The maximum atomic E-state index is 12.4. The van der Waals surface area contributed by atoms with Crippen molar-refractivity contribution in [2.24, 2.45) is 0 Å². The molecule has 3 rings (SSSR count). The maximum absolute atomic E-state index is 12.4. The van der Waals surface area contributed by atoms with E-state index in [1.807, 2.05) is 0 Å². The van der Waals surface area contributed by atoms with Gasteiger partial charge < -0.3 is 9.64 Å². The molecule has 0 saturated carbocycles. The molecule has 0 atom stereocenters. The lowest BCUT2D eigenvalue weighted by atomic mass is 10.3. The van der Waals surface area contributed by atoms with E-state index in [2.05, 4.69) is 15.0 Å². The van der Waals surface area contributed by atoms with Crippen LogP contribution in [0.3, 0.4) is 0 Å². The Hall–Kier alpha value is -2.64. The highest BCUT2D eigenvalue weighted by Crippen LogP contribution is 2.20. The van der Waals surface area contributed by atoms with Gasteiger partial charge in [-0.3, -0.25) is 10.1 Å². The fraction of sp³-hybridized carbons (Fsp3) is 0.312. The number of aromatic nitrogens is 1. The molecule has 0 radical (unpaired) electrons. The molecule has 2 heterocycles. The quantitative estimate of drug-likeness (QED) is 0.561. The molecule has 1 aromatic heterocycles. The largest absolute Gasteiger partial charge is 0.488 e. The second kappa shape index (κ2) is 8.80. The van der Waals surface area contributed by atoms with Crippen molar-refractivity contribution in [1.29, 1.82) is 0 Å². The number of urea groups is 1. The summed E-state index contributed by atoms with van der Waals surface area (Å²) in [6.07, 6.45) is -1.17. The number of imide groups is 1. The van der Waals surface area contributed by atoms with Crippen molar-refractivity contribution in [2.75, 3.05) is 13.2 Å². The summed E-state index contributed by atoms with van der Waals surface area (Å²) in [7, 11) is -3.92.